The van der Waals surface area contributed by atoms with E-state index in [9.17, 15) is 0 Å². The van der Waals surface area contributed by atoms with Crippen molar-refractivity contribution >= 4 is 9.24 Å². The van der Waals surface area contributed by atoms with E-state index < -0.39 is 0 Å². The van der Waals surface area contributed by atoms with Crippen LogP contribution in [0.25, 0.3) is 0 Å². The lowest BCUT2D eigenvalue weighted by Crippen LogP contribution is -2.11. The highest BCUT2D eigenvalue weighted by molar-refractivity contribution is 7.22. The topological polar surface area (TPSA) is 0 Å². The normalized spacial score (nSPS) is 27.8. The first-order valence-electron chi connectivity index (χ1n) is 6.77. The fourth-order valence-corrected chi connectivity index (χ4v) is 4.08. The van der Waals surface area contributed by atoms with Gasteiger partial charge in [-0.3, -0.25) is 0 Å². The van der Waals surface area contributed by atoms with Crippen LogP contribution in [0.1, 0.15) is 46.5 Å². The zero-order valence-electron chi connectivity index (χ0n) is 11.1. The van der Waals surface area contributed by atoms with Crippen LogP contribution in [0.5, 0.6) is 0 Å². The van der Waals surface area contributed by atoms with Crippen LogP contribution in [0.3, 0.4) is 0 Å². The molecule has 2 unspecified atom stereocenters. The second kappa shape index (κ2) is 3.95. The highest BCUT2D eigenvalue weighted by Gasteiger charge is 2.36. The highest BCUT2D eigenvalue weighted by Crippen LogP contribution is 2.53. The molecule has 0 aromatic rings. The Labute approximate surface area is 107 Å². The molecule has 0 aliphatic heterocycles. The van der Waals surface area contributed by atoms with E-state index in [4.69, 9.17) is 0 Å². The second-order valence-corrected chi connectivity index (χ2v) is 6.21. The fraction of sp³-hybridized carbons (Fsp3) is 0.500. The number of rotatable bonds is 2. The number of hydrogen-bond donors (Lipinski definition) is 0. The van der Waals surface area contributed by atoms with Gasteiger partial charge in [0, 0.05) is 5.92 Å². The summed E-state index contributed by atoms with van der Waals surface area (Å²) < 4.78 is 0. The van der Waals surface area contributed by atoms with E-state index in [1.54, 1.807) is 38.8 Å². The molecule has 1 heteroatoms. The summed E-state index contributed by atoms with van der Waals surface area (Å²) in [7, 11) is 2.96. The Morgan fingerprint density at radius 1 is 1.29 bits per heavy atom. The first kappa shape index (κ1) is 11.5. The van der Waals surface area contributed by atoms with E-state index in [0.717, 1.165) is 0 Å². The second-order valence-electron chi connectivity index (χ2n) is 5.51. The highest BCUT2D eigenvalue weighted by atomic mass is 31.0. The molecule has 0 heterocycles. The molecule has 3 rings (SSSR count). The van der Waals surface area contributed by atoms with Gasteiger partial charge in [-0.15, -0.1) is 9.24 Å². The molecule has 0 saturated heterocycles. The smallest absolute Gasteiger partial charge is 0.00608 e. The predicted molar refractivity (Wildman–Crippen MR) is 77.9 cm³/mol. The van der Waals surface area contributed by atoms with Gasteiger partial charge in [0.15, 0.2) is 0 Å². The zero-order valence-corrected chi connectivity index (χ0v) is 12.2. The van der Waals surface area contributed by atoms with Crippen molar-refractivity contribution in [1.82, 2.24) is 0 Å². The molecule has 0 saturated carbocycles. The summed E-state index contributed by atoms with van der Waals surface area (Å²) in [6.45, 7) is 6.92. The average molecular weight is 244 g/mol. The Kier molecular flexibility index (Phi) is 2.67. The van der Waals surface area contributed by atoms with Gasteiger partial charge < -0.3 is 0 Å². The average Bonchev–Trinajstić information content (AvgIpc) is 2.76. The van der Waals surface area contributed by atoms with Crippen molar-refractivity contribution in [2.24, 2.45) is 5.92 Å². The lowest BCUT2D eigenvalue weighted by atomic mass is 9.78. The largest absolute Gasteiger partial charge is 0.110 e. The van der Waals surface area contributed by atoms with Gasteiger partial charge in [-0.2, -0.15) is 0 Å². The molecule has 0 aromatic heterocycles. The van der Waals surface area contributed by atoms with Crippen LogP contribution in [0.15, 0.2) is 44.8 Å². The fourth-order valence-electron chi connectivity index (χ4n) is 3.58. The Morgan fingerprint density at radius 2 is 2.06 bits per heavy atom. The van der Waals surface area contributed by atoms with Gasteiger partial charge in [0.05, 0.1) is 0 Å². The molecule has 0 amide bonds. The van der Waals surface area contributed by atoms with Crippen molar-refractivity contribution in [1.29, 1.82) is 0 Å². The maximum Gasteiger partial charge on any atom is 0.00608 e. The Balaban J connectivity index is 1.95. The molecule has 0 fully saturated rings. The monoisotopic (exact) mass is 244 g/mol. The third-order valence-corrected chi connectivity index (χ3v) is 5.37. The molecule has 0 aromatic carbocycles. The molecular formula is C16H21P. The van der Waals surface area contributed by atoms with E-state index in [1.807, 2.05) is 0 Å². The predicted octanol–water partition coefficient (Wildman–Crippen LogP) is 4.91. The molecule has 2 atom stereocenters. The summed E-state index contributed by atoms with van der Waals surface area (Å²) in [6, 6.07) is 0. The van der Waals surface area contributed by atoms with E-state index in [2.05, 4.69) is 36.1 Å². The molecule has 17 heavy (non-hydrogen) atoms. The van der Waals surface area contributed by atoms with Crippen molar-refractivity contribution in [3.63, 3.8) is 0 Å². The van der Waals surface area contributed by atoms with Crippen molar-refractivity contribution < 1.29 is 0 Å². The molecule has 0 radical (unpaired) electrons. The van der Waals surface area contributed by atoms with Crippen LogP contribution in [-0.2, 0) is 0 Å². The molecule has 0 bridgehead atoms. The van der Waals surface area contributed by atoms with Crippen LogP contribution in [0.4, 0.5) is 0 Å². The summed E-state index contributed by atoms with van der Waals surface area (Å²) in [4.78, 5) is 0. The SMILES string of the molecule is CCC1C(C)=C(C)C2=C1C(C1=C(P)CCC1)=C2. The van der Waals surface area contributed by atoms with Crippen LogP contribution < -0.4 is 0 Å². The Morgan fingerprint density at radius 3 is 2.65 bits per heavy atom. The number of allylic oxidation sites excluding steroid dienone is 8. The maximum atomic E-state index is 2.96. The van der Waals surface area contributed by atoms with Gasteiger partial charge in [0.1, 0.15) is 0 Å². The van der Waals surface area contributed by atoms with Crippen molar-refractivity contribution in [2.45, 2.75) is 46.5 Å². The third-order valence-electron chi connectivity index (χ3n) is 4.73. The Bertz CT molecular complexity index is 512. The van der Waals surface area contributed by atoms with Crippen LogP contribution in [-0.4, -0.2) is 0 Å². The minimum Gasteiger partial charge on any atom is -0.110 e. The van der Waals surface area contributed by atoms with E-state index in [0.29, 0.717) is 5.92 Å². The van der Waals surface area contributed by atoms with Crippen LogP contribution in [0.2, 0.25) is 0 Å². The molecule has 0 spiro atoms. The van der Waals surface area contributed by atoms with Crippen LogP contribution in [0, 0.1) is 5.92 Å². The molecule has 90 valence electrons. The molecule has 0 nitrogen and oxygen atoms in total. The molecule has 0 N–H and O–H groups in total. The van der Waals surface area contributed by atoms with Crippen molar-refractivity contribution in [3.8, 4) is 0 Å². The first-order chi connectivity index (χ1) is 8.15. The lowest BCUT2D eigenvalue weighted by molar-refractivity contribution is 0.696. The van der Waals surface area contributed by atoms with Crippen molar-refractivity contribution in [3.05, 3.63) is 44.8 Å². The lowest BCUT2D eigenvalue weighted by Gasteiger charge is -2.26. The van der Waals surface area contributed by atoms with Crippen LogP contribution >= 0.6 is 9.24 Å². The minimum absolute atomic E-state index is 0.705. The van der Waals surface area contributed by atoms with E-state index >= 15 is 0 Å². The number of hydrogen-bond acceptors (Lipinski definition) is 0. The zero-order chi connectivity index (χ0) is 12.2. The van der Waals surface area contributed by atoms with Crippen molar-refractivity contribution in [2.75, 3.05) is 0 Å². The van der Waals surface area contributed by atoms with Gasteiger partial charge in [-0.05, 0) is 78.8 Å². The molecule has 3 aliphatic carbocycles. The maximum absolute atomic E-state index is 2.96. The summed E-state index contributed by atoms with van der Waals surface area (Å²) >= 11 is 0. The first-order valence-corrected chi connectivity index (χ1v) is 7.34. The Hall–Kier alpha value is -0.610. The van der Waals surface area contributed by atoms with Gasteiger partial charge >= 0.3 is 0 Å². The van der Waals surface area contributed by atoms with E-state index in [1.165, 1.54) is 25.7 Å². The quantitative estimate of drug-likeness (QED) is 0.605. The van der Waals surface area contributed by atoms with Gasteiger partial charge in [-0.1, -0.05) is 12.5 Å². The van der Waals surface area contributed by atoms with Gasteiger partial charge in [-0.25, -0.2) is 0 Å². The summed E-state index contributed by atoms with van der Waals surface area (Å²) in [5.74, 6) is 0.705. The van der Waals surface area contributed by atoms with Gasteiger partial charge in [0.2, 0.25) is 0 Å². The van der Waals surface area contributed by atoms with E-state index in [-0.39, 0.29) is 0 Å². The molecule has 3 aliphatic rings. The standard InChI is InChI=1S/C16H21P/c1-4-11-9(2)10(3)13-8-14(16(11)13)12-6-5-7-15(12)17/h8,11H,4-7,17H2,1-3H3. The summed E-state index contributed by atoms with van der Waals surface area (Å²) in [5, 5.41) is 1.56. The summed E-state index contributed by atoms with van der Waals surface area (Å²) in [6.07, 6.45) is 7.60. The summed E-state index contributed by atoms with van der Waals surface area (Å²) in [5.41, 5.74) is 9.59. The third kappa shape index (κ3) is 1.47. The minimum atomic E-state index is 0.705. The van der Waals surface area contributed by atoms with Gasteiger partial charge in [0.25, 0.3) is 0 Å². The molecular weight excluding hydrogens is 223 g/mol.